The number of hydrogen-bond donors (Lipinski definition) is 1. The first-order valence-corrected chi connectivity index (χ1v) is 16.0. The van der Waals surface area contributed by atoms with Crippen molar-refractivity contribution in [2.75, 3.05) is 10.8 Å². The third-order valence-corrected chi connectivity index (χ3v) is 9.61. The molecule has 10 heteroatoms. The fourth-order valence-electron chi connectivity index (χ4n) is 5.07. The molecule has 0 radical (unpaired) electrons. The largest absolute Gasteiger partial charge is 0.352 e. The zero-order valence-corrected chi connectivity index (χ0v) is 25.6. The summed E-state index contributed by atoms with van der Waals surface area (Å²) >= 11 is 12.2. The summed E-state index contributed by atoms with van der Waals surface area (Å²) in [6.07, 6.45) is 4.32. The standard InChI is InChI=1S/C31H35Cl2N3O4S/c1-3-29(31(38)34-26-8-4-5-9-26)35(20-23-13-11-22(2)12-14-23)30(37)21-36(27-10-6-7-25(33)19-27)41(39,40)28-17-15-24(32)16-18-28/h6-7,10-19,26,29H,3-5,8-9,20-21H2,1-2H3,(H,34,38). The third kappa shape index (κ3) is 7.82. The van der Waals surface area contributed by atoms with E-state index in [4.69, 9.17) is 23.2 Å². The van der Waals surface area contributed by atoms with Crippen LogP contribution in [0.25, 0.3) is 0 Å². The minimum atomic E-state index is -4.20. The monoisotopic (exact) mass is 615 g/mol. The molecule has 0 spiro atoms. The molecule has 0 heterocycles. The highest BCUT2D eigenvalue weighted by atomic mass is 35.5. The van der Waals surface area contributed by atoms with E-state index in [9.17, 15) is 18.0 Å². The number of halogens is 2. The van der Waals surface area contributed by atoms with Crippen LogP contribution in [-0.4, -0.2) is 43.8 Å². The molecule has 1 unspecified atom stereocenters. The van der Waals surface area contributed by atoms with Crippen molar-refractivity contribution in [2.45, 2.75) is 69.5 Å². The van der Waals surface area contributed by atoms with Crippen LogP contribution in [0.1, 0.15) is 50.2 Å². The van der Waals surface area contributed by atoms with Crippen molar-refractivity contribution in [3.05, 3.63) is 94.0 Å². The molecule has 2 amide bonds. The van der Waals surface area contributed by atoms with Crippen LogP contribution in [0.5, 0.6) is 0 Å². The minimum Gasteiger partial charge on any atom is -0.352 e. The molecular formula is C31H35Cl2N3O4S. The zero-order valence-electron chi connectivity index (χ0n) is 23.2. The summed E-state index contributed by atoms with van der Waals surface area (Å²) in [5.74, 6) is -0.730. The number of benzene rings is 3. The third-order valence-electron chi connectivity index (χ3n) is 7.34. The van der Waals surface area contributed by atoms with Crippen molar-refractivity contribution in [3.63, 3.8) is 0 Å². The highest BCUT2D eigenvalue weighted by molar-refractivity contribution is 7.92. The van der Waals surface area contributed by atoms with Crippen molar-refractivity contribution in [1.82, 2.24) is 10.2 Å². The lowest BCUT2D eigenvalue weighted by molar-refractivity contribution is -0.140. The number of anilines is 1. The predicted molar refractivity (Wildman–Crippen MR) is 164 cm³/mol. The Labute approximate surface area is 252 Å². The summed E-state index contributed by atoms with van der Waals surface area (Å²) in [5, 5.41) is 3.83. The normalized spacial score (nSPS) is 14.4. The van der Waals surface area contributed by atoms with E-state index in [2.05, 4.69) is 5.32 Å². The van der Waals surface area contributed by atoms with Gasteiger partial charge in [0.05, 0.1) is 10.6 Å². The SMILES string of the molecule is CCC(C(=O)NC1CCCC1)N(Cc1ccc(C)cc1)C(=O)CN(c1cccc(Cl)c1)S(=O)(=O)c1ccc(Cl)cc1. The number of carbonyl (C=O) groups excluding carboxylic acids is 2. The number of hydrogen-bond acceptors (Lipinski definition) is 4. The van der Waals surface area contributed by atoms with E-state index in [-0.39, 0.29) is 29.1 Å². The van der Waals surface area contributed by atoms with E-state index in [1.54, 1.807) is 18.2 Å². The molecule has 1 aliphatic carbocycles. The lowest BCUT2D eigenvalue weighted by atomic mass is 10.1. The number of nitrogens with zero attached hydrogens (tertiary/aromatic N) is 2. The van der Waals surface area contributed by atoms with Gasteiger partial charge in [0.15, 0.2) is 0 Å². The fraction of sp³-hybridized carbons (Fsp3) is 0.355. The van der Waals surface area contributed by atoms with Crippen molar-refractivity contribution >= 4 is 50.7 Å². The molecular weight excluding hydrogens is 581 g/mol. The van der Waals surface area contributed by atoms with Gasteiger partial charge in [0.2, 0.25) is 11.8 Å². The second-order valence-electron chi connectivity index (χ2n) is 10.4. The van der Waals surface area contributed by atoms with Crippen molar-refractivity contribution in [1.29, 1.82) is 0 Å². The summed E-state index contributed by atoms with van der Waals surface area (Å²) in [4.78, 5) is 29.1. The Morgan fingerprint density at radius 1 is 0.951 bits per heavy atom. The van der Waals surface area contributed by atoms with Gasteiger partial charge in [0.25, 0.3) is 10.0 Å². The Kier molecular flexibility index (Phi) is 10.3. The first-order chi connectivity index (χ1) is 19.6. The smallest absolute Gasteiger partial charge is 0.264 e. The molecule has 3 aromatic carbocycles. The molecule has 7 nitrogen and oxygen atoms in total. The summed E-state index contributed by atoms with van der Waals surface area (Å²) in [6.45, 7) is 3.46. The average molecular weight is 617 g/mol. The first-order valence-electron chi connectivity index (χ1n) is 13.8. The molecule has 1 saturated carbocycles. The molecule has 218 valence electrons. The van der Waals surface area contributed by atoms with E-state index >= 15 is 0 Å². The Morgan fingerprint density at radius 2 is 1.61 bits per heavy atom. The highest BCUT2D eigenvalue weighted by Gasteiger charge is 2.34. The van der Waals surface area contributed by atoms with Gasteiger partial charge in [-0.3, -0.25) is 13.9 Å². The molecule has 0 bridgehead atoms. The number of amides is 2. The zero-order chi connectivity index (χ0) is 29.6. The van der Waals surface area contributed by atoms with Crippen LogP contribution in [0.15, 0.2) is 77.7 Å². The highest BCUT2D eigenvalue weighted by Crippen LogP contribution is 2.28. The molecule has 0 saturated heterocycles. The Bertz CT molecular complexity index is 1460. The molecule has 1 atom stereocenters. The molecule has 0 aliphatic heterocycles. The van der Waals surface area contributed by atoms with E-state index in [0.29, 0.717) is 16.5 Å². The van der Waals surface area contributed by atoms with Crippen LogP contribution < -0.4 is 9.62 Å². The number of nitrogens with one attached hydrogen (secondary N) is 1. The van der Waals surface area contributed by atoms with Gasteiger partial charge < -0.3 is 10.2 Å². The van der Waals surface area contributed by atoms with Crippen LogP contribution in [0, 0.1) is 6.92 Å². The van der Waals surface area contributed by atoms with Gasteiger partial charge >= 0.3 is 0 Å². The Hall–Kier alpha value is -3.07. The number of sulfonamides is 1. The van der Waals surface area contributed by atoms with Gasteiger partial charge in [0.1, 0.15) is 12.6 Å². The van der Waals surface area contributed by atoms with Crippen LogP contribution in [0.2, 0.25) is 10.0 Å². The lowest BCUT2D eigenvalue weighted by Crippen LogP contribution is -2.53. The Balaban J connectivity index is 1.71. The van der Waals surface area contributed by atoms with E-state index in [1.807, 2.05) is 38.1 Å². The molecule has 41 heavy (non-hydrogen) atoms. The molecule has 1 fully saturated rings. The summed E-state index contributed by atoms with van der Waals surface area (Å²) in [6, 6.07) is 19.1. The molecule has 1 aliphatic rings. The predicted octanol–water partition coefficient (Wildman–Crippen LogP) is 6.36. The molecule has 0 aromatic heterocycles. The maximum atomic E-state index is 14.1. The van der Waals surface area contributed by atoms with Crippen molar-refractivity contribution in [2.24, 2.45) is 0 Å². The van der Waals surface area contributed by atoms with Gasteiger partial charge in [-0.05, 0) is 74.2 Å². The van der Waals surface area contributed by atoms with Crippen LogP contribution in [-0.2, 0) is 26.2 Å². The van der Waals surface area contributed by atoms with Gasteiger partial charge in [-0.25, -0.2) is 8.42 Å². The van der Waals surface area contributed by atoms with E-state index in [0.717, 1.165) is 41.1 Å². The van der Waals surface area contributed by atoms with Crippen LogP contribution >= 0.6 is 23.2 Å². The minimum absolute atomic E-state index is 0.0224. The first kappa shape index (κ1) is 30.9. The average Bonchev–Trinajstić information content (AvgIpc) is 3.45. The van der Waals surface area contributed by atoms with Crippen LogP contribution in [0.3, 0.4) is 0 Å². The van der Waals surface area contributed by atoms with Gasteiger partial charge in [-0.2, -0.15) is 0 Å². The fourth-order valence-corrected chi connectivity index (χ4v) is 6.79. The van der Waals surface area contributed by atoms with Crippen LogP contribution in [0.4, 0.5) is 5.69 Å². The number of rotatable bonds is 11. The van der Waals surface area contributed by atoms with Crippen molar-refractivity contribution < 1.29 is 18.0 Å². The maximum Gasteiger partial charge on any atom is 0.264 e. The van der Waals surface area contributed by atoms with Gasteiger partial charge in [0, 0.05) is 22.6 Å². The molecule has 1 N–H and O–H groups in total. The second-order valence-corrected chi connectivity index (χ2v) is 13.1. The quantitative estimate of drug-likeness (QED) is 0.272. The number of aryl methyl sites for hydroxylation is 1. The second kappa shape index (κ2) is 13.7. The van der Waals surface area contributed by atoms with Gasteiger partial charge in [-0.1, -0.05) is 78.9 Å². The molecule has 4 rings (SSSR count). The summed E-state index contributed by atoms with van der Waals surface area (Å²) in [5.41, 5.74) is 2.14. The van der Waals surface area contributed by atoms with E-state index in [1.165, 1.54) is 35.2 Å². The van der Waals surface area contributed by atoms with Crippen molar-refractivity contribution in [3.8, 4) is 0 Å². The lowest BCUT2D eigenvalue weighted by Gasteiger charge is -2.33. The maximum absolute atomic E-state index is 14.1. The van der Waals surface area contributed by atoms with Gasteiger partial charge in [-0.15, -0.1) is 0 Å². The topological polar surface area (TPSA) is 86.8 Å². The Morgan fingerprint density at radius 3 is 2.22 bits per heavy atom. The van der Waals surface area contributed by atoms with E-state index < -0.39 is 28.5 Å². The molecule has 3 aromatic rings. The summed E-state index contributed by atoms with van der Waals surface area (Å²) in [7, 11) is -4.20. The summed E-state index contributed by atoms with van der Waals surface area (Å²) < 4.78 is 28.8. The number of carbonyl (C=O) groups is 2.